The molecule has 0 bridgehead atoms. The van der Waals surface area contributed by atoms with Crippen LogP contribution in [0.4, 0.5) is 0 Å². The van der Waals surface area contributed by atoms with Gasteiger partial charge in [-0.25, -0.2) is 18.1 Å². The number of sulfonamides is 1. The Kier molecular flexibility index (Phi) is 3.05. The Morgan fingerprint density at radius 1 is 1.53 bits per heavy atom. The van der Waals surface area contributed by atoms with Crippen molar-refractivity contribution in [3.05, 3.63) is 34.7 Å². The Balaban J connectivity index is 1.95. The van der Waals surface area contributed by atoms with Crippen LogP contribution in [0.15, 0.2) is 29.0 Å². The molecule has 3 aromatic heterocycles. The summed E-state index contributed by atoms with van der Waals surface area (Å²) in [5.41, 5.74) is 0.728. The van der Waals surface area contributed by atoms with E-state index in [1.807, 2.05) is 0 Å². The maximum atomic E-state index is 12.2. The number of fused-ring (bicyclic) bond motifs is 1. The van der Waals surface area contributed by atoms with E-state index in [1.165, 1.54) is 15.7 Å². The molecule has 0 fully saturated rings. The average molecular weight is 318 g/mol. The number of rotatable bonds is 4. The summed E-state index contributed by atoms with van der Waals surface area (Å²) in [6, 6.07) is 0. The first-order valence-corrected chi connectivity index (χ1v) is 7.90. The predicted octanol–water partition coefficient (Wildman–Crippen LogP) is 1.25. The van der Waals surface area contributed by atoms with Crippen molar-refractivity contribution in [3.8, 4) is 0 Å². The van der Waals surface area contributed by atoms with E-state index in [-0.39, 0.29) is 16.7 Å². The van der Waals surface area contributed by atoms with Crippen molar-refractivity contribution in [2.75, 3.05) is 0 Å². The molecule has 0 unspecified atom stereocenters. The van der Waals surface area contributed by atoms with Crippen molar-refractivity contribution in [1.29, 1.82) is 0 Å². The van der Waals surface area contributed by atoms with Crippen LogP contribution in [0.5, 0.6) is 0 Å². The van der Waals surface area contributed by atoms with Crippen LogP contribution in [0.25, 0.3) is 4.96 Å². The normalized spacial score (nSPS) is 12.3. The summed E-state index contributed by atoms with van der Waals surface area (Å²) in [5.74, 6) is 0. The van der Waals surface area contributed by atoms with Crippen molar-refractivity contribution in [3.63, 3.8) is 0 Å². The monoisotopic (exact) mass is 317 g/mol. The standard InChI is InChI=1S/C9H8ClN5O2S2/c10-7-8(15-1-2-18-9(15)14-7)19(16,17)13-5-6-3-11-12-4-6/h1-4,13H,5H2,(H,11,12). The first-order chi connectivity index (χ1) is 9.08. The molecule has 10 heteroatoms. The van der Waals surface area contributed by atoms with Gasteiger partial charge in [-0.3, -0.25) is 9.50 Å². The van der Waals surface area contributed by atoms with E-state index in [2.05, 4.69) is 19.9 Å². The van der Waals surface area contributed by atoms with Crippen molar-refractivity contribution >= 4 is 37.9 Å². The summed E-state index contributed by atoms with van der Waals surface area (Å²) in [6.07, 6.45) is 4.77. The fraction of sp³-hybridized carbons (Fsp3) is 0.111. The first kappa shape index (κ1) is 12.6. The maximum absolute atomic E-state index is 12.2. The summed E-state index contributed by atoms with van der Waals surface area (Å²) in [5, 5.41) is 8.01. The molecule has 0 saturated carbocycles. The predicted molar refractivity (Wildman–Crippen MR) is 70.7 cm³/mol. The van der Waals surface area contributed by atoms with Gasteiger partial charge in [0, 0.05) is 29.9 Å². The lowest BCUT2D eigenvalue weighted by Crippen LogP contribution is -2.24. The van der Waals surface area contributed by atoms with Gasteiger partial charge in [-0.1, -0.05) is 11.6 Å². The molecular weight excluding hydrogens is 310 g/mol. The molecule has 19 heavy (non-hydrogen) atoms. The fourth-order valence-corrected chi connectivity index (χ4v) is 4.06. The van der Waals surface area contributed by atoms with Gasteiger partial charge in [-0.2, -0.15) is 5.10 Å². The Morgan fingerprint density at radius 3 is 3.11 bits per heavy atom. The highest BCUT2D eigenvalue weighted by atomic mass is 35.5. The summed E-state index contributed by atoms with van der Waals surface area (Å²) >= 11 is 7.21. The largest absolute Gasteiger partial charge is 0.285 e. The van der Waals surface area contributed by atoms with Crippen LogP contribution < -0.4 is 4.72 Å². The van der Waals surface area contributed by atoms with Gasteiger partial charge >= 0.3 is 0 Å². The number of nitrogens with zero attached hydrogens (tertiary/aromatic N) is 3. The minimum absolute atomic E-state index is 0.0356. The minimum atomic E-state index is -3.74. The highest BCUT2D eigenvalue weighted by molar-refractivity contribution is 7.89. The summed E-state index contributed by atoms with van der Waals surface area (Å²) in [6.45, 7) is 0.131. The van der Waals surface area contributed by atoms with Crippen molar-refractivity contribution in [1.82, 2.24) is 24.3 Å². The van der Waals surface area contributed by atoms with Gasteiger partial charge in [0.2, 0.25) is 0 Å². The maximum Gasteiger partial charge on any atom is 0.260 e. The molecule has 3 heterocycles. The highest BCUT2D eigenvalue weighted by Gasteiger charge is 2.24. The average Bonchev–Trinajstić information content (AvgIpc) is 3.01. The second kappa shape index (κ2) is 4.60. The summed E-state index contributed by atoms with van der Waals surface area (Å²) in [7, 11) is -3.74. The van der Waals surface area contributed by atoms with Gasteiger partial charge in [0.1, 0.15) is 0 Å². The van der Waals surface area contributed by atoms with Crippen LogP contribution in [0.2, 0.25) is 5.15 Å². The van der Waals surface area contributed by atoms with Crippen LogP contribution in [0.1, 0.15) is 5.56 Å². The highest BCUT2D eigenvalue weighted by Crippen LogP contribution is 2.25. The third kappa shape index (κ3) is 2.25. The quantitative estimate of drug-likeness (QED) is 0.757. The van der Waals surface area contributed by atoms with Gasteiger partial charge in [0.15, 0.2) is 15.1 Å². The molecule has 0 atom stereocenters. The third-order valence-corrected chi connectivity index (χ3v) is 5.01. The number of aromatic nitrogens is 4. The zero-order chi connectivity index (χ0) is 13.5. The van der Waals surface area contributed by atoms with Crippen LogP contribution in [-0.2, 0) is 16.6 Å². The lowest BCUT2D eigenvalue weighted by atomic mass is 10.4. The minimum Gasteiger partial charge on any atom is -0.285 e. The number of aromatic amines is 1. The molecule has 0 spiro atoms. The third-order valence-electron chi connectivity index (χ3n) is 2.45. The van der Waals surface area contributed by atoms with Crippen molar-refractivity contribution in [2.45, 2.75) is 11.6 Å². The van der Waals surface area contributed by atoms with Gasteiger partial charge in [0.05, 0.1) is 6.20 Å². The second-order valence-electron chi connectivity index (χ2n) is 3.69. The zero-order valence-electron chi connectivity index (χ0n) is 9.37. The van der Waals surface area contributed by atoms with Crippen molar-refractivity contribution in [2.24, 2.45) is 0 Å². The lowest BCUT2D eigenvalue weighted by molar-refractivity contribution is 0.576. The van der Waals surface area contributed by atoms with E-state index in [1.54, 1.807) is 24.0 Å². The van der Waals surface area contributed by atoms with Gasteiger partial charge < -0.3 is 0 Å². The molecule has 0 aromatic carbocycles. The van der Waals surface area contributed by atoms with E-state index < -0.39 is 10.0 Å². The first-order valence-electron chi connectivity index (χ1n) is 5.16. The van der Waals surface area contributed by atoms with Gasteiger partial charge in [0.25, 0.3) is 10.0 Å². The number of hydrogen-bond acceptors (Lipinski definition) is 5. The zero-order valence-corrected chi connectivity index (χ0v) is 11.8. The van der Waals surface area contributed by atoms with E-state index in [0.717, 1.165) is 5.56 Å². The molecule has 0 radical (unpaired) electrons. The van der Waals surface area contributed by atoms with E-state index in [0.29, 0.717) is 4.96 Å². The van der Waals surface area contributed by atoms with Crippen LogP contribution in [-0.4, -0.2) is 28.0 Å². The molecular formula is C9H8ClN5O2S2. The number of hydrogen-bond donors (Lipinski definition) is 2. The molecule has 2 N–H and O–H groups in total. The Labute approximate surface area is 117 Å². The number of halogens is 1. The summed E-state index contributed by atoms with van der Waals surface area (Å²) < 4.78 is 28.4. The molecule has 0 aliphatic heterocycles. The molecule has 100 valence electrons. The fourth-order valence-electron chi connectivity index (χ4n) is 1.60. The Bertz CT molecular complexity index is 805. The Morgan fingerprint density at radius 2 is 2.37 bits per heavy atom. The number of imidazole rings is 1. The van der Waals surface area contributed by atoms with Crippen LogP contribution in [0.3, 0.4) is 0 Å². The molecule has 3 rings (SSSR count). The summed E-state index contributed by atoms with van der Waals surface area (Å²) in [4.78, 5) is 4.53. The van der Waals surface area contributed by atoms with Gasteiger partial charge in [-0.05, 0) is 0 Å². The topological polar surface area (TPSA) is 92.1 Å². The van der Waals surface area contributed by atoms with Crippen molar-refractivity contribution < 1.29 is 8.42 Å². The second-order valence-corrected chi connectivity index (χ2v) is 6.61. The van der Waals surface area contributed by atoms with Gasteiger partial charge in [-0.15, -0.1) is 11.3 Å². The smallest absolute Gasteiger partial charge is 0.260 e. The molecule has 0 saturated heterocycles. The SMILES string of the molecule is O=S(=O)(NCc1cn[nH]c1)c1c(Cl)nc2sccn12. The van der Waals surface area contributed by atoms with Crippen LogP contribution >= 0.6 is 22.9 Å². The molecule has 0 aliphatic carbocycles. The van der Waals surface area contributed by atoms with E-state index in [9.17, 15) is 8.42 Å². The van der Waals surface area contributed by atoms with Crippen LogP contribution in [0, 0.1) is 0 Å². The molecule has 7 nitrogen and oxygen atoms in total. The number of nitrogens with one attached hydrogen (secondary N) is 2. The lowest BCUT2D eigenvalue weighted by Gasteiger charge is -2.04. The Hall–Kier alpha value is -1.42. The van der Waals surface area contributed by atoms with E-state index in [4.69, 9.17) is 11.6 Å². The molecule has 0 amide bonds. The van der Waals surface area contributed by atoms with E-state index >= 15 is 0 Å². The number of thiazole rings is 1. The number of H-pyrrole nitrogens is 1. The molecule has 3 aromatic rings. The molecule has 0 aliphatic rings.